The standard InChI is InChI=1S/C31H36N2O4/c1-3-25-18-31(25,30(35)37-20-22-11-6-5-7-12-22)32-29(34)28-17-26(19-33(28)4-2)36-21-24-15-10-14-23-13-8-9-16-27(23)24/h5-16,25-26,28H,3-4,17-21H2,1-2H3,(H,32,34). The number of fused-ring (bicyclic) bond motifs is 1. The molecule has 5 rings (SSSR count). The van der Waals surface area contributed by atoms with Gasteiger partial charge in [0.15, 0.2) is 0 Å². The Labute approximate surface area is 218 Å². The van der Waals surface area contributed by atoms with Crippen molar-refractivity contribution >= 4 is 22.6 Å². The first-order chi connectivity index (χ1) is 18.0. The summed E-state index contributed by atoms with van der Waals surface area (Å²) >= 11 is 0. The van der Waals surface area contributed by atoms with Crippen molar-refractivity contribution in [3.63, 3.8) is 0 Å². The van der Waals surface area contributed by atoms with Crippen LogP contribution in [0, 0.1) is 5.92 Å². The first-order valence-electron chi connectivity index (χ1n) is 13.4. The Hall–Kier alpha value is -3.22. The number of likely N-dealkylation sites (tertiary alicyclic amines) is 1. The van der Waals surface area contributed by atoms with E-state index in [4.69, 9.17) is 9.47 Å². The predicted molar refractivity (Wildman–Crippen MR) is 144 cm³/mol. The van der Waals surface area contributed by atoms with Crippen molar-refractivity contribution in [3.8, 4) is 0 Å². The van der Waals surface area contributed by atoms with Gasteiger partial charge in [0, 0.05) is 6.54 Å². The average Bonchev–Trinajstić information content (AvgIpc) is 3.49. The first kappa shape index (κ1) is 25.4. The number of nitrogens with one attached hydrogen (secondary N) is 1. The smallest absolute Gasteiger partial charge is 0.332 e. The van der Waals surface area contributed by atoms with Crippen LogP contribution in [0.15, 0.2) is 72.8 Å². The van der Waals surface area contributed by atoms with Gasteiger partial charge in [0.1, 0.15) is 12.1 Å². The number of nitrogens with zero attached hydrogens (tertiary/aromatic N) is 1. The lowest BCUT2D eigenvalue weighted by Crippen LogP contribution is -2.52. The van der Waals surface area contributed by atoms with Crippen LogP contribution in [-0.2, 0) is 32.3 Å². The number of amides is 1. The molecule has 6 nitrogen and oxygen atoms in total. The predicted octanol–water partition coefficient (Wildman–Crippen LogP) is 4.85. The third-order valence-corrected chi connectivity index (χ3v) is 7.95. The number of ether oxygens (including phenoxy) is 2. The molecule has 6 heteroatoms. The maximum Gasteiger partial charge on any atom is 0.332 e. The van der Waals surface area contributed by atoms with Crippen LogP contribution >= 0.6 is 0 Å². The zero-order valence-electron chi connectivity index (χ0n) is 21.7. The zero-order chi connectivity index (χ0) is 25.8. The second kappa shape index (κ2) is 11.0. The maximum absolute atomic E-state index is 13.5. The van der Waals surface area contributed by atoms with Crippen molar-refractivity contribution in [2.45, 2.75) is 64.0 Å². The lowest BCUT2D eigenvalue weighted by Gasteiger charge is -2.25. The summed E-state index contributed by atoms with van der Waals surface area (Å²) in [4.78, 5) is 28.8. The van der Waals surface area contributed by atoms with Crippen molar-refractivity contribution in [2.24, 2.45) is 5.92 Å². The lowest BCUT2D eigenvalue weighted by atomic mass is 10.1. The Bertz CT molecular complexity index is 1240. The highest BCUT2D eigenvalue weighted by atomic mass is 16.5. The highest BCUT2D eigenvalue weighted by Crippen LogP contribution is 2.47. The van der Waals surface area contributed by atoms with Crippen LogP contribution < -0.4 is 5.32 Å². The van der Waals surface area contributed by atoms with Gasteiger partial charge in [-0.2, -0.15) is 0 Å². The molecule has 1 saturated heterocycles. The minimum atomic E-state index is -0.915. The van der Waals surface area contributed by atoms with Crippen molar-refractivity contribution < 1.29 is 19.1 Å². The van der Waals surface area contributed by atoms with Gasteiger partial charge in [0.25, 0.3) is 0 Å². The fourth-order valence-electron chi connectivity index (χ4n) is 5.66. The van der Waals surface area contributed by atoms with Gasteiger partial charge in [-0.1, -0.05) is 93.1 Å². The summed E-state index contributed by atoms with van der Waals surface area (Å²) < 4.78 is 12.0. The molecule has 194 valence electrons. The van der Waals surface area contributed by atoms with Crippen LogP contribution in [0.25, 0.3) is 10.8 Å². The molecule has 1 amide bonds. The van der Waals surface area contributed by atoms with Crippen molar-refractivity contribution in [1.82, 2.24) is 10.2 Å². The van der Waals surface area contributed by atoms with Gasteiger partial charge in [-0.05, 0) is 47.2 Å². The largest absolute Gasteiger partial charge is 0.459 e. The van der Waals surface area contributed by atoms with E-state index in [2.05, 4.69) is 47.5 Å². The number of hydrogen-bond donors (Lipinski definition) is 1. The van der Waals surface area contributed by atoms with E-state index in [9.17, 15) is 9.59 Å². The third-order valence-electron chi connectivity index (χ3n) is 7.95. The minimum absolute atomic E-state index is 0.0446. The van der Waals surface area contributed by atoms with Crippen LogP contribution in [-0.4, -0.2) is 47.6 Å². The van der Waals surface area contributed by atoms with E-state index >= 15 is 0 Å². The van der Waals surface area contributed by atoms with Gasteiger partial charge in [-0.15, -0.1) is 0 Å². The molecule has 0 radical (unpaired) electrons. The number of carbonyl (C=O) groups is 2. The number of benzene rings is 3. The molecule has 0 bridgehead atoms. The topological polar surface area (TPSA) is 67.9 Å². The van der Waals surface area contributed by atoms with Crippen molar-refractivity contribution in [2.75, 3.05) is 13.1 Å². The molecule has 1 saturated carbocycles. The van der Waals surface area contributed by atoms with Crippen LogP contribution in [0.3, 0.4) is 0 Å². The maximum atomic E-state index is 13.5. The van der Waals surface area contributed by atoms with Gasteiger partial charge in [-0.3, -0.25) is 9.69 Å². The molecule has 1 aliphatic heterocycles. The molecule has 37 heavy (non-hydrogen) atoms. The molecule has 4 unspecified atom stereocenters. The molecule has 1 N–H and O–H groups in total. The molecule has 3 aromatic carbocycles. The normalized spacial score (nSPS) is 25.2. The Balaban J connectivity index is 1.21. The van der Waals surface area contributed by atoms with E-state index in [0.717, 1.165) is 24.1 Å². The first-order valence-corrected chi connectivity index (χ1v) is 13.4. The molecular formula is C31H36N2O4. The monoisotopic (exact) mass is 500 g/mol. The van der Waals surface area contributed by atoms with E-state index in [1.807, 2.05) is 49.4 Å². The summed E-state index contributed by atoms with van der Waals surface area (Å²) in [7, 11) is 0. The van der Waals surface area contributed by atoms with Crippen LogP contribution in [0.2, 0.25) is 0 Å². The Morgan fingerprint density at radius 1 is 0.973 bits per heavy atom. The molecular weight excluding hydrogens is 464 g/mol. The number of likely N-dealkylation sites (N-methyl/N-ethyl adjacent to an activating group) is 1. The number of hydrogen-bond acceptors (Lipinski definition) is 5. The Kier molecular flexibility index (Phi) is 7.58. The summed E-state index contributed by atoms with van der Waals surface area (Å²) in [6.45, 7) is 6.27. The summed E-state index contributed by atoms with van der Waals surface area (Å²) in [5.41, 5.74) is 1.17. The Morgan fingerprint density at radius 3 is 2.49 bits per heavy atom. The van der Waals surface area contributed by atoms with Crippen LogP contribution in [0.4, 0.5) is 0 Å². The fraction of sp³-hybridized carbons (Fsp3) is 0.419. The molecule has 1 heterocycles. The van der Waals surface area contributed by atoms with Gasteiger partial charge in [-0.25, -0.2) is 4.79 Å². The summed E-state index contributed by atoms with van der Waals surface area (Å²) in [6.07, 6.45) is 2.01. The highest BCUT2D eigenvalue weighted by molar-refractivity contribution is 5.93. The highest BCUT2D eigenvalue weighted by Gasteiger charge is 2.62. The van der Waals surface area contributed by atoms with Gasteiger partial charge < -0.3 is 14.8 Å². The second-order valence-corrected chi connectivity index (χ2v) is 10.2. The average molecular weight is 501 g/mol. The quantitative estimate of drug-likeness (QED) is 0.403. The van der Waals surface area contributed by atoms with Gasteiger partial charge in [0.05, 0.1) is 18.8 Å². The van der Waals surface area contributed by atoms with E-state index in [1.54, 1.807) is 0 Å². The summed E-state index contributed by atoms with van der Waals surface area (Å²) in [5.74, 6) is -0.332. The van der Waals surface area contributed by atoms with E-state index < -0.39 is 5.54 Å². The molecule has 2 aliphatic rings. The Morgan fingerprint density at radius 2 is 1.73 bits per heavy atom. The molecule has 3 aromatic rings. The van der Waals surface area contributed by atoms with Crippen molar-refractivity contribution in [3.05, 3.63) is 83.9 Å². The third kappa shape index (κ3) is 5.41. The molecule has 0 spiro atoms. The summed E-state index contributed by atoms with van der Waals surface area (Å²) in [6, 6.07) is 23.9. The molecule has 1 aliphatic carbocycles. The van der Waals surface area contributed by atoms with E-state index in [0.29, 0.717) is 26.0 Å². The van der Waals surface area contributed by atoms with Crippen LogP contribution in [0.1, 0.15) is 44.2 Å². The van der Waals surface area contributed by atoms with E-state index in [-0.39, 0.29) is 36.5 Å². The molecule has 4 atom stereocenters. The second-order valence-electron chi connectivity index (χ2n) is 10.2. The lowest BCUT2D eigenvalue weighted by molar-refractivity contribution is -0.151. The fourth-order valence-corrected chi connectivity index (χ4v) is 5.66. The number of carbonyl (C=O) groups excluding carboxylic acids is 2. The van der Waals surface area contributed by atoms with Crippen LogP contribution in [0.5, 0.6) is 0 Å². The minimum Gasteiger partial charge on any atom is -0.459 e. The van der Waals surface area contributed by atoms with Gasteiger partial charge >= 0.3 is 5.97 Å². The van der Waals surface area contributed by atoms with E-state index in [1.165, 1.54) is 10.8 Å². The molecule has 2 fully saturated rings. The number of esters is 1. The van der Waals surface area contributed by atoms with Crippen molar-refractivity contribution in [1.29, 1.82) is 0 Å². The van der Waals surface area contributed by atoms with Gasteiger partial charge in [0.2, 0.25) is 5.91 Å². The SMILES string of the molecule is CCC1CC1(NC(=O)C1CC(OCc2cccc3ccccc23)CN1CC)C(=O)OCc1ccccc1. The zero-order valence-corrected chi connectivity index (χ0v) is 21.7. The molecule has 0 aromatic heterocycles. The summed E-state index contributed by atoms with van der Waals surface area (Å²) in [5, 5.41) is 5.51. The number of rotatable bonds is 10.